The maximum Gasteiger partial charge on any atom is 0.264 e. The van der Waals surface area contributed by atoms with Gasteiger partial charge in [-0.3, -0.25) is 4.72 Å². The molecule has 0 spiro atoms. The van der Waals surface area contributed by atoms with Gasteiger partial charge in [0.2, 0.25) is 0 Å². The highest BCUT2D eigenvalue weighted by atomic mass is 32.2. The standard InChI is InChI=1S/C14H15N3O2S2/c1-14(2,3)12-9-20-13(16-12)17-21(18,19)11-7-5-4-6-10(11)8-15/h4-7,9H,1-3H3,(H,16,17). The molecule has 5 nitrogen and oxygen atoms in total. The smallest absolute Gasteiger partial charge is 0.255 e. The van der Waals surface area contributed by atoms with E-state index in [0.29, 0.717) is 5.13 Å². The Morgan fingerprint density at radius 1 is 1.29 bits per heavy atom. The first kappa shape index (κ1) is 15.5. The second-order valence-electron chi connectivity index (χ2n) is 5.50. The molecule has 0 saturated heterocycles. The van der Waals surface area contributed by atoms with Gasteiger partial charge in [-0.2, -0.15) is 5.26 Å². The van der Waals surface area contributed by atoms with Crippen molar-refractivity contribution in [3.63, 3.8) is 0 Å². The molecule has 1 heterocycles. The van der Waals surface area contributed by atoms with Crippen LogP contribution in [0.25, 0.3) is 0 Å². The minimum absolute atomic E-state index is 0.0417. The third-order valence-corrected chi connectivity index (χ3v) is 5.08. The van der Waals surface area contributed by atoms with Crippen LogP contribution < -0.4 is 4.72 Å². The molecule has 0 fully saturated rings. The molecule has 1 aromatic heterocycles. The van der Waals surface area contributed by atoms with Crippen LogP contribution in [0.3, 0.4) is 0 Å². The third kappa shape index (κ3) is 3.40. The van der Waals surface area contributed by atoms with Crippen molar-refractivity contribution in [3.8, 4) is 6.07 Å². The Morgan fingerprint density at radius 2 is 1.95 bits per heavy atom. The number of hydrogen-bond acceptors (Lipinski definition) is 5. The zero-order valence-electron chi connectivity index (χ0n) is 11.9. The average Bonchev–Trinajstić information content (AvgIpc) is 2.86. The average molecular weight is 321 g/mol. The summed E-state index contributed by atoms with van der Waals surface area (Å²) in [4.78, 5) is 4.25. The number of thiazole rings is 1. The summed E-state index contributed by atoms with van der Waals surface area (Å²) in [5.74, 6) is 0. The Kier molecular flexibility index (Phi) is 4.03. The molecule has 0 bridgehead atoms. The van der Waals surface area contributed by atoms with Gasteiger partial charge in [0.25, 0.3) is 10.0 Å². The number of hydrogen-bond donors (Lipinski definition) is 1. The van der Waals surface area contributed by atoms with E-state index in [9.17, 15) is 8.42 Å². The van der Waals surface area contributed by atoms with Crippen molar-refractivity contribution >= 4 is 26.5 Å². The summed E-state index contributed by atoms with van der Waals surface area (Å²) in [6.07, 6.45) is 0. The zero-order valence-corrected chi connectivity index (χ0v) is 13.5. The van der Waals surface area contributed by atoms with Crippen LogP contribution in [0.2, 0.25) is 0 Å². The fraction of sp³-hybridized carbons (Fsp3) is 0.286. The quantitative estimate of drug-likeness (QED) is 0.941. The molecule has 0 amide bonds. The number of nitrogens with one attached hydrogen (secondary N) is 1. The highest BCUT2D eigenvalue weighted by molar-refractivity contribution is 7.93. The van der Waals surface area contributed by atoms with E-state index in [-0.39, 0.29) is 15.9 Å². The summed E-state index contributed by atoms with van der Waals surface area (Å²) in [6.45, 7) is 6.02. The molecule has 0 radical (unpaired) electrons. The number of nitriles is 1. The highest BCUT2D eigenvalue weighted by Gasteiger charge is 2.22. The second-order valence-corrected chi connectivity index (χ2v) is 8.01. The first-order chi connectivity index (χ1) is 9.74. The van der Waals surface area contributed by atoms with Crippen LogP contribution >= 0.6 is 11.3 Å². The lowest BCUT2D eigenvalue weighted by Crippen LogP contribution is -2.15. The Bertz CT molecular complexity index is 796. The summed E-state index contributed by atoms with van der Waals surface area (Å²) in [6, 6.07) is 7.96. The largest absolute Gasteiger partial charge is 0.264 e. The Morgan fingerprint density at radius 3 is 2.52 bits per heavy atom. The van der Waals surface area contributed by atoms with E-state index in [4.69, 9.17) is 5.26 Å². The predicted molar refractivity (Wildman–Crippen MR) is 82.8 cm³/mol. The van der Waals surface area contributed by atoms with Gasteiger partial charge < -0.3 is 0 Å². The first-order valence-electron chi connectivity index (χ1n) is 6.22. The molecule has 0 saturated carbocycles. The molecule has 0 atom stereocenters. The second kappa shape index (κ2) is 5.47. The van der Waals surface area contributed by atoms with Crippen molar-refractivity contribution in [2.24, 2.45) is 0 Å². The van der Waals surface area contributed by atoms with Crippen molar-refractivity contribution < 1.29 is 8.42 Å². The van der Waals surface area contributed by atoms with Gasteiger partial charge in [0.05, 0.1) is 11.3 Å². The van der Waals surface area contributed by atoms with Crippen molar-refractivity contribution in [3.05, 3.63) is 40.9 Å². The fourth-order valence-corrected chi connectivity index (χ4v) is 3.98. The van der Waals surface area contributed by atoms with E-state index in [1.165, 1.54) is 23.5 Å². The third-order valence-electron chi connectivity index (χ3n) is 2.79. The molecule has 0 aliphatic rings. The van der Waals surface area contributed by atoms with E-state index < -0.39 is 10.0 Å². The molecule has 7 heteroatoms. The number of nitrogens with zero attached hydrogens (tertiary/aromatic N) is 2. The molecule has 2 aromatic rings. The number of anilines is 1. The number of rotatable bonds is 3. The maximum absolute atomic E-state index is 12.3. The van der Waals surface area contributed by atoms with Crippen LogP contribution in [-0.2, 0) is 15.4 Å². The fourth-order valence-electron chi connectivity index (χ4n) is 1.63. The van der Waals surface area contributed by atoms with Crippen LogP contribution in [0.1, 0.15) is 32.0 Å². The molecule has 1 aromatic carbocycles. The molecule has 0 unspecified atom stereocenters. The maximum atomic E-state index is 12.3. The first-order valence-corrected chi connectivity index (χ1v) is 8.58. The lowest BCUT2D eigenvalue weighted by atomic mass is 9.93. The van der Waals surface area contributed by atoms with Gasteiger partial charge in [0.15, 0.2) is 5.13 Å². The summed E-state index contributed by atoms with van der Waals surface area (Å²) >= 11 is 1.23. The van der Waals surface area contributed by atoms with Gasteiger partial charge >= 0.3 is 0 Å². The molecule has 1 N–H and O–H groups in total. The molecular weight excluding hydrogens is 306 g/mol. The molecule has 0 aliphatic carbocycles. The van der Waals surface area contributed by atoms with Gasteiger partial charge in [0.1, 0.15) is 11.0 Å². The van der Waals surface area contributed by atoms with Crippen LogP contribution in [0.4, 0.5) is 5.13 Å². The molecule has 0 aliphatic heterocycles. The van der Waals surface area contributed by atoms with E-state index >= 15 is 0 Å². The summed E-state index contributed by atoms with van der Waals surface area (Å²) in [5, 5.41) is 11.1. The molecular formula is C14H15N3O2S2. The normalized spacial score (nSPS) is 11.9. The van der Waals surface area contributed by atoms with Crippen LogP contribution in [0.5, 0.6) is 0 Å². The molecule has 110 valence electrons. The van der Waals surface area contributed by atoms with E-state index in [1.54, 1.807) is 12.1 Å². The lowest BCUT2D eigenvalue weighted by molar-refractivity contribution is 0.573. The summed E-state index contributed by atoms with van der Waals surface area (Å²) in [5.41, 5.74) is 0.779. The van der Waals surface area contributed by atoms with E-state index in [0.717, 1.165) is 5.69 Å². The van der Waals surface area contributed by atoms with Gasteiger partial charge in [-0.05, 0) is 12.1 Å². The Hall–Kier alpha value is -1.91. The van der Waals surface area contributed by atoms with Crippen molar-refractivity contribution in [2.75, 3.05) is 4.72 Å². The summed E-state index contributed by atoms with van der Waals surface area (Å²) in [7, 11) is -3.81. The number of aromatic nitrogens is 1. The van der Waals surface area contributed by atoms with Gasteiger partial charge in [-0.25, -0.2) is 13.4 Å². The monoisotopic (exact) mass is 321 g/mol. The van der Waals surface area contributed by atoms with Crippen molar-refractivity contribution in [2.45, 2.75) is 31.1 Å². The highest BCUT2D eigenvalue weighted by Crippen LogP contribution is 2.28. The van der Waals surface area contributed by atoms with E-state index in [2.05, 4.69) is 9.71 Å². The van der Waals surface area contributed by atoms with Crippen LogP contribution in [0, 0.1) is 11.3 Å². The Labute approximate surface area is 128 Å². The van der Waals surface area contributed by atoms with Gasteiger partial charge in [-0.15, -0.1) is 11.3 Å². The minimum Gasteiger partial charge on any atom is -0.255 e. The summed E-state index contributed by atoms with van der Waals surface area (Å²) < 4.78 is 27.1. The number of benzene rings is 1. The van der Waals surface area contributed by atoms with Crippen LogP contribution in [-0.4, -0.2) is 13.4 Å². The lowest BCUT2D eigenvalue weighted by Gasteiger charge is -2.14. The number of sulfonamides is 1. The Balaban J connectivity index is 2.34. The molecule has 21 heavy (non-hydrogen) atoms. The predicted octanol–water partition coefficient (Wildman–Crippen LogP) is 3.11. The topological polar surface area (TPSA) is 82.9 Å². The molecule has 2 rings (SSSR count). The SMILES string of the molecule is CC(C)(C)c1csc(NS(=O)(=O)c2ccccc2C#N)n1. The zero-order chi connectivity index (χ0) is 15.7. The van der Waals surface area contributed by atoms with Crippen molar-refractivity contribution in [1.29, 1.82) is 5.26 Å². The van der Waals surface area contributed by atoms with Crippen molar-refractivity contribution in [1.82, 2.24) is 4.98 Å². The van der Waals surface area contributed by atoms with Gasteiger partial charge in [-0.1, -0.05) is 32.9 Å². The van der Waals surface area contributed by atoms with Gasteiger partial charge in [0, 0.05) is 10.8 Å². The van der Waals surface area contributed by atoms with Crippen LogP contribution in [0.15, 0.2) is 34.5 Å². The van der Waals surface area contributed by atoms with E-state index in [1.807, 2.05) is 32.2 Å². The minimum atomic E-state index is -3.81.